The van der Waals surface area contributed by atoms with Gasteiger partial charge in [0, 0.05) is 3.57 Å². The minimum atomic E-state index is 0.118. The van der Waals surface area contributed by atoms with E-state index in [2.05, 4.69) is 40.0 Å². The van der Waals surface area contributed by atoms with E-state index in [0.717, 1.165) is 5.56 Å². The Labute approximate surface area is 131 Å². The highest BCUT2D eigenvalue weighted by Gasteiger charge is 2.15. The van der Waals surface area contributed by atoms with Gasteiger partial charge in [0.2, 0.25) is 0 Å². The number of hydrogen-bond donors (Lipinski definition) is 1. The molecule has 0 heterocycles. The fourth-order valence-electron chi connectivity index (χ4n) is 1.90. The minimum Gasteiger partial charge on any atom is -0.309 e. The first-order valence-corrected chi connectivity index (χ1v) is 7.33. The van der Waals surface area contributed by atoms with Crippen LogP contribution in [0.3, 0.4) is 0 Å². The minimum absolute atomic E-state index is 0.118. The van der Waals surface area contributed by atoms with Crippen molar-refractivity contribution >= 4 is 45.8 Å². The van der Waals surface area contributed by atoms with Crippen molar-refractivity contribution < 1.29 is 0 Å². The molecule has 0 fully saturated rings. The largest absolute Gasteiger partial charge is 0.309 e. The Bertz CT molecular complexity index is 557. The Balaban J connectivity index is 2.45. The summed E-state index contributed by atoms with van der Waals surface area (Å²) in [4.78, 5) is 0. The summed E-state index contributed by atoms with van der Waals surface area (Å²) in [6.07, 6.45) is 0. The van der Waals surface area contributed by atoms with Gasteiger partial charge in [-0.25, -0.2) is 0 Å². The second-order valence-electron chi connectivity index (χ2n) is 3.92. The normalized spacial score (nSPS) is 12.4. The average Bonchev–Trinajstić information content (AvgIpc) is 2.37. The first-order chi connectivity index (χ1) is 8.63. The van der Waals surface area contributed by atoms with Gasteiger partial charge in [-0.15, -0.1) is 0 Å². The van der Waals surface area contributed by atoms with Crippen LogP contribution >= 0.6 is 45.8 Å². The zero-order valence-electron chi connectivity index (χ0n) is 9.75. The monoisotopic (exact) mass is 391 g/mol. The van der Waals surface area contributed by atoms with Crippen molar-refractivity contribution in [3.63, 3.8) is 0 Å². The van der Waals surface area contributed by atoms with Crippen LogP contribution in [0.15, 0.2) is 42.5 Å². The number of hydrogen-bond acceptors (Lipinski definition) is 1. The van der Waals surface area contributed by atoms with Crippen molar-refractivity contribution in [2.24, 2.45) is 0 Å². The maximum Gasteiger partial charge on any atom is 0.0595 e. The van der Waals surface area contributed by atoms with Crippen LogP contribution < -0.4 is 5.32 Å². The third-order valence-electron chi connectivity index (χ3n) is 2.78. The van der Waals surface area contributed by atoms with E-state index in [4.69, 9.17) is 23.2 Å². The molecule has 0 radical (unpaired) electrons. The maximum absolute atomic E-state index is 6.08. The molecule has 0 aliphatic heterocycles. The third-order valence-corrected chi connectivity index (χ3v) is 4.50. The summed E-state index contributed by atoms with van der Waals surface area (Å²) in [7, 11) is 1.94. The van der Waals surface area contributed by atoms with E-state index in [9.17, 15) is 0 Å². The standard InChI is InChI=1S/C14H12Cl2IN/c1-18-14(10-4-2-3-5-13(10)17)9-6-7-11(15)12(16)8-9/h2-8,14,18H,1H3. The summed E-state index contributed by atoms with van der Waals surface area (Å²) in [5.41, 5.74) is 2.34. The lowest BCUT2D eigenvalue weighted by Crippen LogP contribution is -2.18. The SMILES string of the molecule is CNC(c1ccc(Cl)c(Cl)c1)c1ccccc1I. The van der Waals surface area contributed by atoms with Gasteiger partial charge in [-0.3, -0.25) is 0 Å². The molecule has 18 heavy (non-hydrogen) atoms. The molecule has 0 spiro atoms. The van der Waals surface area contributed by atoms with Crippen LogP contribution in [0.25, 0.3) is 0 Å². The zero-order valence-corrected chi connectivity index (χ0v) is 13.4. The molecule has 1 unspecified atom stereocenters. The van der Waals surface area contributed by atoms with E-state index in [1.54, 1.807) is 0 Å². The van der Waals surface area contributed by atoms with Gasteiger partial charge >= 0.3 is 0 Å². The molecule has 94 valence electrons. The molecule has 0 aliphatic rings. The van der Waals surface area contributed by atoms with Crippen LogP contribution in [0.4, 0.5) is 0 Å². The predicted molar refractivity (Wildman–Crippen MR) is 86.5 cm³/mol. The molecule has 0 aliphatic carbocycles. The Morgan fingerprint density at radius 1 is 1.06 bits per heavy atom. The number of nitrogens with one attached hydrogen (secondary N) is 1. The van der Waals surface area contributed by atoms with Gasteiger partial charge in [0.25, 0.3) is 0 Å². The summed E-state index contributed by atoms with van der Waals surface area (Å²) in [5, 5.41) is 4.48. The molecule has 1 nitrogen and oxygen atoms in total. The number of benzene rings is 2. The van der Waals surface area contributed by atoms with Gasteiger partial charge in [0.05, 0.1) is 16.1 Å². The van der Waals surface area contributed by atoms with Gasteiger partial charge < -0.3 is 5.32 Å². The molecular formula is C14H12Cl2IN. The van der Waals surface area contributed by atoms with Crippen LogP contribution in [0.1, 0.15) is 17.2 Å². The lowest BCUT2D eigenvalue weighted by atomic mass is 9.99. The van der Waals surface area contributed by atoms with Gasteiger partial charge in [0.15, 0.2) is 0 Å². The molecular weight excluding hydrogens is 380 g/mol. The van der Waals surface area contributed by atoms with Crippen molar-refractivity contribution in [1.82, 2.24) is 5.32 Å². The summed E-state index contributed by atoms with van der Waals surface area (Å²) in [5.74, 6) is 0. The highest BCUT2D eigenvalue weighted by molar-refractivity contribution is 14.1. The van der Waals surface area contributed by atoms with Gasteiger partial charge in [0.1, 0.15) is 0 Å². The maximum atomic E-state index is 6.08. The summed E-state index contributed by atoms with van der Waals surface area (Å²) >= 11 is 14.4. The number of halogens is 3. The van der Waals surface area contributed by atoms with Gasteiger partial charge in [-0.05, 0) is 59.0 Å². The molecule has 2 rings (SSSR count). The molecule has 1 atom stereocenters. The quantitative estimate of drug-likeness (QED) is 0.733. The van der Waals surface area contributed by atoms with Crippen molar-refractivity contribution in [2.45, 2.75) is 6.04 Å². The highest BCUT2D eigenvalue weighted by atomic mass is 127. The predicted octanol–water partition coefficient (Wildman–Crippen LogP) is 4.91. The highest BCUT2D eigenvalue weighted by Crippen LogP contribution is 2.30. The fourth-order valence-corrected chi connectivity index (χ4v) is 2.91. The number of rotatable bonds is 3. The Kier molecular flexibility index (Phi) is 4.90. The molecule has 4 heteroatoms. The molecule has 0 saturated carbocycles. The van der Waals surface area contributed by atoms with Crippen molar-refractivity contribution in [2.75, 3.05) is 7.05 Å². The third kappa shape index (κ3) is 2.99. The van der Waals surface area contributed by atoms with Crippen molar-refractivity contribution in [3.8, 4) is 0 Å². The Morgan fingerprint density at radius 2 is 1.78 bits per heavy atom. The first kappa shape index (κ1) is 14.1. The van der Waals surface area contributed by atoms with E-state index >= 15 is 0 Å². The van der Waals surface area contributed by atoms with Crippen LogP contribution in [0.2, 0.25) is 10.0 Å². The second kappa shape index (κ2) is 6.24. The van der Waals surface area contributed by atoms with E-state index in [1.165, 1.54) is 9.13 Å². The van der Waals surface area contributed by atoms with E-state index < -0.39 is 0 Å². The Morgan fingerprint density at radius 3 is 2.39 bits per heavy atom. The lowest BCUT2D eigenvalue weighted by Gasteiger charge is -2.19. The van der Waals surface area contributed by atoms with Crippen LogP contribution in [-0.4, -0.2) is 7.05 Å². The van der Waals surface area contributed by atoms with Crippen LogP contribution in [0, 0.1) is 3.57 Å². The fraction of sp³-hybridized carbons (Fsp3) is 0.143. The van der Waals surface area contributed by atoms with E-state index in [0.29, 0.717) is 10.0 Å². The van der Waals surface area contributed by atoms with Gasteiger partial charge in [-0.1, -0.05) is 47.5 Å². The van der Waals surface area contributed by atoms with Crippen LogP contribution in [0.5, 0.6) is 0 Å². The zero-order chi connectivity index (χ0) is 13.1. The topological polar surface area (TPSA) is 12.0 Å². The molecule has 0 amide bonds. The lowest BCUT2D eigenvalue weighted by molar-refractivity contribution is 0.689. The summed E-state index contributed by atoms with van der Waals surface area (Å²) in [6, 6.07) is 14.1. The Hall–Kier alpha value is -0.290. The smallest absolute Gasteiger partial charge is 0.0595 e. The average molecular weight is 392 g/mol. The van der Waals surface area contributed by atoms with Crippen molar-refractivity contribution in [1.29, 1.82) is 0 Å². The molecule has 2 aromatic carbocycles. The van der Waals surface area contributed by atoms with E-state index in [1.807, 2.05) is 37.4 Å². The molecule has 2 aromatic rings. The molecule has 1 N–H and O–H groups in total. The summed E-state index contributed by atoms with van der Waals surface area (Å²) in [6.45, 7) is 0. The second-order valence-corrected chi connectivity index (χ2v) is 5.89. The first-order valence-electron chi connectivity index (χ1n) is 5.50. The van der Waals surface area contributed by atoms with E-state index in [-0.39, 0.29) is 6.04 Å². The van der Waals surface area contributed by atoms with Gasteiger partial charge in [-0.2, -0.15) is 0 Å². The molecule has 0 saturated heterocycles. The van der Waals surface area contributed by atoms with Crippen molar-refractivity contribution in [3.05, 3.63) is 67.2 Å². The molecule has 0 bridgehead atoms. The summed E-state index contributed by atoms with van der Waals surface area (Å²) < 4.78 is 1.22. The van der Waals surface area contributed by atoms with Crippen LogP contribution in [-0.2, 0) is 0 Å². The molecule has 0 aromatic heterocycles.